The van der Waals surface area contributed by atoms with Gasteiger partial charge in [-0.3, -0.25) is 0 Å². The van der Waals surface area contributed by atoms with Gasteiger partial charge >= 0.3 is 0 Å². The van der Waals surface area contributed by atoms with Gasteiger partial charge in [-0.05, 0) is 33.4 Å². The van der Waals surface area contributed by atoms with Gasteiger partial charge in [-0.2, -0.15) is 0 Å². The van der Waals surface area contributed by atoms with Gasteiger partial charge in [0.25, 0.3) is 0 Å². The maximum atomic E-state index is 5.77. The van der Waals surface area contributed by atoms with Crippen molar-refractivity contribution < 1.29 is 4.74 Å². The molecule has 2 heteroatoms. The fourth-order valence-electron chi connectivity index (χ4n) is 1.79. The molecule has 17 heavy (non-hydrogen) atoms. The maximum Gasteiger partial charge on any atom is 0.124 e. The molecule has 1 atom stereocenters. The monoisotopic (exact) mass is 233 g/mol. The lowest BCUT2D eigenvalue weighted by molar-refractivity contribution is 0.354. The summed E-state index contributed by atoms with van der Waals surface area (Å²) in [4.78, 5) is 0. The molecule has 0 aliphatic rings. The summed E-state index contributed by atoms with van der Waals surface area (Å²) >= 11 is 0. The molecular formula is C15H23NO. The molecule has 1 N–H and O–H groups in total. The minimum Gasteiger partial charge on any atom is -0.489 e. The second-order valence-electron chi connectivity index (χ2n) is 4.20. The van der Waals surface area contributed by atoms with E-state index < -0.39 is 0 Å². The van der Waals surface area contributed by atoms with Crippen molar-refractivity contribution in [2.24, 2.45) is 0 Å². The molecule has 0 saturated heterocycles. The summed E-state index contributed by atoms with van der Waals surface area (Å²) in [5, 5.41) is 3.42. The lowest BCUT2D eigenvalue weighted by Crippen LogP contribution is -2.18. The topological polar surface area (TPSA) is 21.3 Å². The van der Waals surface area contributed by atoms with Crippen LogP contribution in [0.1, 0.15) is 37.9 Å². The van der Waals surface area contributed by atoms with Gasteiger partial charge < -0.3 is 10.1 Å². The van der Waals surface area contributed by atoms with Gasteiger partial charge in [0.1, 0.15) is 12.4 Å². The van der Waals surface area contributed by atoms with E-state index in [1.54, 1.807) is 0 Å². The Morgan fingerprint density at radius 1 is 1.41 bits per heavy atom. The SMILES string of the molecule is C/C=C/COc1ccc(C)cc1C(C)NCC. The number of hydrogen-bond acceptors (Lipinski definition) is 2. The number of hydrogen-bond donors (Lipinski definition) is 1. The fourth-order valence-corrected chi connectivity index (χ4v) is 1.79. The molecule has 0 aliphatic carbocycles. The summed E-state index contributed by atoms with van der Waals surface area (Å²) in [5.74, 6) is 0.974. The Balaban J connectivity index is 2.86. The third-order valence-electron chi connectivity index (χ3n) is 2.71. The Morgan fingerprint density at radius 3 is 2.82 bits per heavy atom. The van der Waals surface area contributed by atoms with Crippen molar-refractivity contribution in [3.8, 4) is 5.75 Å². The molecule has 1 unspecified atom stereocenters. The van der Waals surface area contributed by atoms with E-state index in [1.807, 2.05) is 19.1 Å². The zero-order valence-corrected chi connectivity index (χ0v) is 11.3. The zero-order valence-electron chi connectivity index (χ0n) is 11.3. The molecule has 0 aliphatic heterocycles. The average molecular weight is 233 g/mol. The van der Waals surface area contributed by atoms with Crippen LogP contribution in [0.3, 0.4) is 0 Å². The molecular weight excluding hydrogens is 210 g/mol. The molecule has 2 nitrogen and oxygen atoms in total. The van der Waals surface area contributed by atoms with Crippen LogP contribution in [-0.2, 0) is 0 Å². The first-order valence-corrected chi connectivity index (χ1v) is 6.27. The van der Waals surface area contributed by atoms with Crippen molar-refractivity contribution >= 4 is 0 Å². The third-order valence-corrected chi connectivity index (χ3v) is 2.71. The molecule has 0 aromatic heterocycles. The smallest absolute Gasteiger partial charge is 0.124 e. The summed E-state index contributed by atoms with van der Waals surface area (Å²) < 4.78 is 5.77. The second-order valence-corrected chi connectivity index (χ2v) is 4.20. The lowest BCUT2D eigenvalue weighted by atomic mass is 10.0. The molecule has 0 bridgehead atoms. The van der Waals surface area contributed by atoms with Crippen molar-refractivity contribution in [2.75, 3.05) is 13.2 Å². The molecule has 0 spiro atoms. The highest BCUT2D eigenvalue weighted by Gasteiger charge is 2.10. The molecule has 1 rings (SSSR count). The van der Waals surface area contributed by atoms with Crippen LogP contribution in [-0.4, -0.2) is 13.2 Å². The summed E-state index contributed by atoms with van der Waals surface area (Å²) in [6.07, 6.45) is 4.02. The van der Waals surface area contributed by atoms with Gasteiger partial charge in [-0.15, -0.1) is 0 Å². The predicted octanol–water partition coefficient (Wildman–Crippen LogP) is 3.62. The fraction of sp³-hybridized carbons (Fsp3) is 0.467. The molecule has 0 fully saturated rings. The quantitative estimate of drug-likeness (QED) is 0.758. The van der Waals surface area contributed by atoms with Crippen LogP contribution in [0.4, 0.5) is 0 Å². The summed E-state index contributed by atoms with van der Waals surface area (Å²) in [6.45, 7) is 9.99. The highest BCUT2D eigenvalue weighted by molar-refractivity contribution is 5.39. The molecule has 1 aromatic rings. The highest BCUT2D eigenvalue weighted by Crippen LogP contribution is 2.26. The first-order chi connectivity index (χ1) is 8.19. The largest absolute Gasteiger partial charge is 0.489 e. The Labute approximate surface area is 105 Å². The van der Waals surface area contributed by atoms with Gasteiger partial charge in [0.2, 0.25) is 0 Å². The Morgan fingerprint density at radius 2 is 2.18 bits per heavy atom. The van der Waals surface area contributed by atoms with Crippen LogP contribution < -0.4 is 10.1 Å². The Kier molecular flexibility index (Phi) is 5.78. The van der Waals surface area contributed by atoms with E-state index in [0.717, 1.165) is 12.3 Å². The van der Waals surface area contributed by atoms with E-state index in [4.69, 9.17) is 4.74 Å². The molecule has 1 aromatic carbocycles. The molecule has 0 saturated carbocycles. The van der Waals surface area contributed by atoms with Gasteiger partial charge in [-0.25, -0.2) is 0 Å². The molecule has 0 amide bonds. The van der Waals surface area contributed by atoms with Gasteiger partial charge in [0, 0.05) is 11.6 Å². The minimum absolute atomic E-state index is 0.320. The van der Waals surface area contributed by atoms with E-state index in [9.17, 15) is 0 Å². The Hall–Kier alpha value is -1.28. The second kappa shape index (κ2) is 7.13. The van der Waals surface area contributed by atoms with E-state index in [1.165, 1.54) is 11.1 Å². The van der Waals surface area contributed by atoms with Gasteiger partial charge in [-0.1, -0.05) is 36.8 Å². The first kappa shape index (κ1) is 13.8. The standard InChI is InChI=1S/C15H23NO/c1-5-7-10-17-15-9-8-12(3)11-14(15)13(4)16-6-2/h5,7-9,11,13,16H,6,10H2,1-4H3/b7-5+. The van der Waals surface area contributed by atoms with E-state index in [-0.39, 0.29) is 0 Å². The predicted molar refractivity (Wildman–Crippen MR) is 73.6 cm³/mol. The van der Waals surface area contributed by atoms with Crippen molar-refractivity contribution in [3.63, 3.8) is 0 Å². The number of allylic oxidation sites excluding steroid dienone is 1. The number of ether oxygens (including phenoxy) is 1. The minimum atomic E-state index is 0.320. The van der Waals surface area contributed by atoms with Crippen molar-refractivity contribution in [3.05, 3.63) is 41.5 Å². The number of aryl methyl sites for hydroxylation is 1. The van der Waals surface area contributed by atoms with Crippen molar-refractivity contribution in [1.82, 2.24) is 5.32 Å². The third kappa shape index (κ3) is 4.23. The van der Waals surface area contributed by atoms with E-state index in [2.05, 4.69) is 44.3 Å². The lowest BCUT2D eigenvalue weighted by Gasteiger charge is -2.18. The van der Waals surface area contributed by atoms with Crippen molar-refractivity contribution in [2.45, 2.75) is 33.7 Å². The molecule has 0 radical (unpaired) electrons. The average Bonchev–Trinajstić information content (AvgIpc) is 2.31. The molecule has 0 heterocycles. The molecule has 94 valence electrons. The van der Waals surface area contributed by atoms with Crippen LogP contribution in [0.15, 0.2) is 30.4 Å². The van der Waals surface area contributed by atoms with Crippen LogP contribution in [0, 0.1) is 6.92 Å². The maximum absolute atomic E-state index is 5.77. The van der Waals surface area contributed by atoms with Crippen LogP contribution in [0.2, 0.25) is 0 Å². The van der Waals surface area contributed by atoms with Crippen LogP contribution in [0.25, 0.3) is 0 Å². The summed E-state index contributed by atoms with van der Waals surface area (Å²) in [6, 6.07) is 6.66. The number of benzene rings is 1. The number of nitrogens with one attached hydrogen (secondary N) is 1. The van der Waals surface area contributed by atoms with Gasteiger partial charge in [0.05, 0.1) is 0 Å². The van der Waals surface area contributed by atoms with Gasteiger partial charge in [0.15, 0.2) is 0 Å². The summed E-state index contributed by atoms with van der Waals surface area (Å²) in [7, 11) is 0. The van der Waals surface area contributed by atoms with Crippen LogP contribution in [0.5, 0.6) is 5.75 Å². The first-order valence-electron chi connectivity index (χ1n) is 6.27. The zero-order chi connectivity index (χ0) is 12.7. The normalized spacial score (nSPS) is 12.9. The van der Waals surface area contributed by atoms with E-state index >= 15 is 0 Å². The van der Waals surface area contributed by atoms with E-state index in [0.29, 0.717) is 12.6 Å². The Bertz CT molecular complexity index is 371. The van der Waals surface area contributed by atoms with Crippen LogP contribution >= 0.6 is 0 Å². The number of rotatable bonds is 6. The van der Waals surface area contributed by atoms with Crippen molar-refractivity contribution in [1.29, 1.82) is 0 Å². The highest BCUT2D eigenvalue weighted by atomic mass is 16.5. The summed E-state index contributed by atoms with van der Waals surface area (Å²) in [5.41, 5.74) is 2.50.